The van der Waals surface area contributed by atoms with Gasteiger partial charge >= 0.3 is 5.97 Å². The minimum absolute atomic E-state index is 0.309. The van der Waals surface area contributed by atoms with Crippen LogP contribution in [0.2, 0.25) is 5.02 Å². The summed E-state index contributed by atoms with van der Waals surface area (Å²) in [6.45, 7) is 0. The molecule has 1 heterocycles. The Kier molecular flexibility index (Phi) is 4.92. The van der Waals surface area contributed by atoms with Crippen LogP contribution in [0, 0.1) is 0 Å². The number of nitrogens with one attached hydrogen (secondary N) is 1. The molecule has 1 amide bonds. The number of hydrogen-bond acceptors (Lipinski definition) is 5. The van der Waals surface area contributed by atoms with Crippen molar-refractivity contribution in [3.63, 3.8) is 0 Å². The molecule has 0 saturated carbocycles. The lowest BCUT2D eigenvalue weighted by Gasteiger charge is -2.05. The summed E-state index contributed by atoms with van der Waals surface area (Å²) in [6.07, 6.45) is 0. The van der Waals surface area contributed by atoms with Crippen LogP contribution in [0.4, 0.5) is 5.69 Å². The van der Waals surface area contributed by atoms with Crippen LogP contribution in [0.15, 0.2) is 42.5 Å². The van der Waals surface area contributed by atoms with E-state index in [0.29, 0.717) is 26.9 Å². The lowest BCUT2D eigenvalue weighted by molar-refractivity contribution is 0.0600. The molecule has 1 N–H and O–H groups in total. The zero-order chi connectivity index (χ0) is 18.0. The van der Waals surface area contributed by atoms with E-state index < -0.39 is 5.97 Å². The number of amides is 1. The Balaban J connectivity index is 1.85. The number of carbonyl (C=O) groups is 2. The van der Waals surface area contributed by atoms with Gasteiger partial charge in [0.15, 0.2) is 0 Å². The van der Waals surface area contributed by atoms with Crippen LogP contribution >= 0.6 is 22.9 Å². The maximum atomic E-state index is 12.5. The van der Waals surface area contributed by atoms with E-state index in [1.54, 1.807) is 37.4 Å². The Morgan fingerprint density at radius 1 is 1.08 bits per heavy atom. The number of fused-ring (bicyclic) bond motifs is 1. The number of benzene rings is 2. The Hall–Kier alpha value is -2.57. The van der Waals surface area contributed by atoms with Gasteiger partial charge in [0, 0.05) is 15.8 Å². The number of thiophene rings is 1. The molecule has 0 radical (unpaired) electrons. The monoisotopic (exact) mass is 375 g/mol. The zero-order valence-electron chi connectivity index (χ0n) is 13.5. The largest absolute Gasteiger partial charge is 0.497 e. The number of methoxy groups -OCH3 is 2. The number of esters is 1. The van der Waals surface area contributed by atoms with Crippen molar-refractivity contribution < 1.29 is 19.1 Å². The van der Waals surface area contributed by atoms with Gasteiger partial charge in [-0.3, -0.25) is 4.79 Å². The molecule has 3 rings (SSSR count). The minimum atomic E-state index is -0.431. The third-order valence-corrected chi connectivity index (χ3v) is 5.28. The van der Waals surface area contributed by atoms with Gasteiger partial charge in [0.2, 0.25) is 0 Å². The molecule has 0 fully saturated rings. The average molecular weight is 376 g/mol. The van der Waals surface area contributed by atoms with Gasteiger partial charge in [0.1, 0.15) is 10.6 Å². The maximum absolute atomic E-state index is 12.5. The first-order valence-corrected chi connectivity index (χ1v) is 8.48. The average Bonchev–Trinajstić information content (AvgIpc) is 2.98. The number of hydrogen-bond donors (Lipinski definition) is 1. The lowest BCUT2D eigenvalue weighted by atomic mass is 10.2. The van der Waals surface area contributed by atoms with Crippen molar-refractivity contribution in [2.75, 3.05) is 19.5 Å². The van der Waals surface area contributed by atoms with Gasteiger partial charge in [-0.2, -0.15) is 0 Å². The van der Waals surface area contributed by atoms with Gasteiger partial charge in [-0.05, 0) is 42.5 Å². The second kappa shape index (κ2) is 7.13. The topological polar surface area (TPSA) is 64.6 Å². The van der Waals surface area contributed by atoms with Crippen molar-refractivity contribution in [1.82, 2.24) is 0 Å². The molecule has 0 spiro atoms. The molecule has 128 valence electrons. The van der Waals surface area contributed by atoms with E-state index in [9.17, 15) is 9.59 Å². The molecule has 0 unspecified atom stereocenters. The Morgan fingerprint density at radius 2 is 1.80 bits per heavy atom. The van der Waals surface area contributed by atoms with E-state index in [-0.39, 0.29) is 5.91 Å². The van der Waals surface area contributed by atoms with Crippen molar-refractivity contribution in [1.29, 1.82) is 0 Å². The van der Waals surface area contributed by atoms with Crippen LogP contribution in [0.3, 0.4) is 0 Å². The number of halogens is 1. The van der Waals surface area contributed by atoms with E-state index >= 15 is 0 Å². The predicted octanol–water partition coefficient (Wildman–Crippen LogP) is 4.60. The summed E-state index contributed by atoms with van der Waals surface area (Å²) >= 11 is 7.67. The summed E-state index contributed by atoms with van der Waals surface area (Å²) in [4.78, 5) is 24.4. The molecule has 5 nitrogen and oxygen atoms in total. The van der Waals surface area contributed by atoms with Crippen LogP contribution < -0.4 is 10.1 Å². The molecule has 0 aliphatic carbocycles. The quantitative estimate of drug-likeness (QED) is 0.677. The minimum Gasteiger partial charge on any atom is -0.497 e. The molecule has 0 saturated heterocycles. The normalized spacial score (nSPS) is 10.5. The van der Waals surface area contributed by atoms with Gasteiger partial charge in [0.05, 0.1) is 24.8 Å². The fourth-order valence-corrected chi connectivity index (χ4v) is 3.70. The summed E-state index contributed by atoms with van der Waals surface area (Å²) in [5, 5.41) is 3.94. The molecule has 0 aliphatic rings. The van der Waals surface area contributed by atoms with Crippen LogP contribution in [-0.2, 0) is 4.74 Å². The summed E-state index contributed by atoms with van der Waals surface area (Å²) < 4.78 is 10.7. The zero-order valence-corrected chi connectivity index (χ0v) is 15.0. The van der Waals surface area contributed by atoms with Crippen LogP contribution in [0.5, 0.6) is 5.75 Å². The third-order valence-electron chi connectivity index (χ3n) is 3.60. The highest BCUT2D eigenvalue weighted by Gasteiger charge is 2.18. The van der Waals surface area contributed by atoms with Gasteiger partial charge < -0.3 is 14.8 Å². The SMILES string of the molecule is COC(=O)c1ccc(NC(=O)c2sc3ccc(OC)cc3c2Cl)cc1. The maximum Gasteiger partial charge on any atom is 0.337 e. The van der Waals surface area contributed by atoms with Crippen molar-refractivity contribution in [2.45, 2.75) is 0 Å². The lowest BCUT2D eigenvalue weighted by Crippen LogP contribution is -2.11. The summed E-state index contributed by atoms with van der Waals surface area (Å²) in [5.41, 5.74) is 0.969. The van der Waals surface area contributed by atoms with E-state index in [4.69, 9.17) is 16.3 Å². The van der Waals surface area contributed by atoms with E-state index in [2.05, 4.69) is 10.1 Å². The third kappa shape index (κ3) is 3.45. The molecule has 25 heavy (non-hydrogen) atoms. The highest BCUT2D eigenvalue weighted by atomic mass is 35.5. The van der Waals surface area contributed by atoms with E-state index in [1.807, 2.05) is 12.1 Å². The molecule has 0 aliphatic heterocycles. The summed E-state index contributed by atoms with van der Waals surface area (Å²) in [6, 6.07) is 11.9. The molecule has 1 aromatic heterocycles. The van der Waals surface area contributed by atoms with Crippen LogP contribution in [0.25, 0.3) is 10.1 Å². The molecular formula is C18H14ClNO4S. The number of rotatable bonds is 4. The smallest absolute Gasteiger partial charge is 0.337 e. The number of anilines is 1. The number of carbonyl (C=O) groups excluding carboxylic acids is 2. The standard InChI is InChI=1S/C18H14ClNO4S/c1-23-12-7-8-14-13(9-12)15(19)16(25-14)17(21)20-11-5-3-10(4-6-11)18(22)24-2/h3-9H,1-2H3,(H,20,21). The molecule has 3 aromatic rings. The molecule has 7 heteroatoms. The Labute approximate surface area is 153 Å². The fraction of sp³-hybridized carbons (Fsp3) is 0.111. The van der Waals surface area contributed by atoms with Gasteiger partial charge in [-0.25, -0.2) is 4.79 Å². The van der Waals surface area contributed by atoms with Crippen molar-refractivity contribution in [3.05, 3.63) is 57.9 Å². The first-order chi connectivity index (χ1) is 12.0. The van der Waals surface area contributed by atoms with Crippen LogP contribution in [-0.4, -0.2) is 26.1 Å². The van der Waals surface area contributed by atoms with Crippen LogP contribution in [0.1, 0.15) is 20.0 Å². The second-order valence-electron chi connectivity index (χ2n) is 5.13. The molecule has 0 atom stereocenters. The second-order valence-corrected chi connectivity index (χ2v) is 6.56. The number of ether oxygens (including phenoxy) is 2. The van der Waals surface area contributed by atoms with Gasteiger partial charge in [-0.1, -0.05) is 11.6 Å². The van der Waals surface area contributed by atoms with Crippen molar-refractivity contribution >= 4 is 50.6 Å². The first kappa shape index (κ1) is 17.3. The first-order valence-electron chi connectivity index (χ1n) is 7.29. The summed E-state index contributed by atoms with van der Waals surface area (Å²) in [5.74, 6) is -0.0621. The Morgan fingerprint density at radius 3 is 2.44 bits per heavy atom. The van der Waals surface area contributed by atoms with Crippen molar-refractivity contribution in [2.24, 2.45) is 0 Å². The van der Waals surface area contributed by atoms with Gasteiger partial charge in [-0.15, -0.1) is 11.3 Å². The molecular weight excluding hydrogens is 362 g/mol. The van der Waals surface area contributed by atoms with E-state index in [0.717, 1.165) is 10.1 Å². The fourth-order valence-electron chi connectivity index (χ4n) is 2.32. The van der Waals surface area contributed by atoms with E-state index in [1.165, 1.54) is 18.4 Å². The van der Waals surface area contributed by atoms with Gasteiger partial charge in [0.25, 0.3) is 5.91 Å². The predicted molar refractivity (Wildman–Crippen MR) is 99.1 cm³/mol. The molecule has 2 aromatic carbocycles. The highest BCUT2D eigenvalue weighted by Crippen LogP contribution is 2.37. The highest BCUT2D eigenvalue weighted by molar-refractivity contribution is 7.21. The van der Waals surface area contributed by atoms with Crippen molar-refractivity contribution in [3.8, 4) is 5.75 Å². The molecule has 0 bridgehead atoms. The summed E-state index contributed by atoms with van der Waals surface area (Å²) in [7, 11) is 2.89. The Bertz CT molecular complexity index is 950.